The van der Waals surface area contributed by atoms with Crippen LogP contribution >= 0.6 is 0 Å². The summed E-state index contributed by atoms with van der Waals surface area (Å²) >= 11 is 0. The third-order valence-electron chi connectivity index (χ3n) is 2.91. The van der Waals surface area contributed by atoms with Crippen LogP contribution in [0.25, 0.3) is 0 Å². The zero-order valence-corrected chi connectivity index (χ0v) is 11.1. The Morgan fingerprint density at radius 3 is 2.83 bits per heavy atom. The first-order valence-electron chi connectivity index (χ1n) is 6.20. The molecule has 2 aromatic rings. The van der Waals surface area contributed by atoms with Crippen LogP contribution in [0.4, 0.5) is 0 Å². The molecule has 0 bridgehead atoms. The average molecular weight is 248 g/mol. The lowest BCUT2D eigenvalue weighted by molar-refractivity contribution is 0.173. The van der Waals surface area contributed by atoms with Crippen molar-refractivity contribution in [2.45, 2.75) is 39.8 Å². The van der Waals surface area contributed by atoms with Crippen molar-refractivity contribution in [3.8, 4) is 0 Å². The second-order valence-electron chi connectivity index (χ2n) is 5.71. The molecule has 98 valence electrons. The first-order chi connectivity index (χ1) is 8.47. The normalized spacial score (nSPS) is 13.8. The van der Waals surface area contributed by atoms with Gasteiger partial charge in [-0.2, -0.15) is 0 Å². The SMILES string of the molecule is CC(C)(C)CCn1ccnc1[C@@H](O)c1ccco1. The van der Waals surface area contributed by atoms with Crippen LogP contribution in [0.5, 0.6) is 0 Å². The molecule has 0 aliphatic rings. The van der Waals surface area contributed by atoms with Gasteiger partial charge in [-0.3, -0.25) is 0 Å². The molecule has 4 nitrogen and oxygen atoms in total. The highest BCUT2D eigenvalue weighted by atomic mass is 16.4. The van der Waals surface area contributed by atoms with E-state index in [2.05, 4.69) is 25.8 Å². The molecule has 1 atom stereocenters. The van der Waals surface area contributed by atoms with Crippen LogP contribution in [0.1, 0.15) is 44.9 Å². The van der Waals surface area contributed by atoms with Gasteiger partial charge in [0.25, 0.3) is 0 Å². The van der Waals surface area contributed by atoms with E-state index in [4.69, 9.17) is 4.42 Å². The van der Waals surface area contributed by atoms with Gasteiger partial charge in [-0.05, 0) is 24.0 Å². The van der Waals surface area contributed by atoms with Crippen LogP contribution < -0.4 is 0 Å². The van der Waals surface area contributed by atoms with E-state index in [1.165, 1.54) is 0 Å². The first kappa shape index (κ1) is 12.9. The number of hydrogen-bond acceptors (Lipinski definition) is 3. The number of nitrogens with zero attached hydrogens (tertiary/aromatic N) is 2. The van der Waals surface area contributed by atoms with E-state index in [-0.39, 0.29) is 5.41 Å². The lowest BCUT2D eigenvalue weighted by atomic mass is 9.92. The third-order valence-corrected chi connectivity index (χ3v) is 2.91. The minimum atomic E-state index is -0.796. The fourth-order valence-electron chi connectivity index (χ4n) is 1.79. The molecule has 2 aromatic heterocycles. The minimum absolute atomic E-state index is 0.261. The summed E-state index contributed by atoms with van der Waals surface area (Å²) in [5, 5.41) is 10.2. The summed E-state index contributed by atoms with van der Waals surface area (Å²) in [5.74, 6) is 1.16. The maximum Gasteiger partial charge on any atom is 0.169 e. The molecule has 0 fully saturated rings. The van der Waals surface area contributed by atoms with E-state index in [0.717, 1.165) is 13.0 Å². The summed E-state index contributed by atoms with van der Waals surface area (Å²) in [6.07, 6.45) is 5.40. The standard InChI is InChI=1S/C14H20N2O2/c1-14(2,3)6-8-16-9-7-15-13(16)12(17)11-5-4-10-18-11/h4-5,7,9-10,12,17H,6,8H2,1-3H3/t12-/m0/s1. The van der Waals surface area contributed by atoms with Gasteiger partial charge in [-0.1, -0.05) is 20.8 Å². The fourth-order valence-corrected chi connectivity index (χ4v) is 1.79. The predicted molar refractivity (Wildman–Crippen MR) is 69.1 cm³/mol. The Balaban J connectivity index is 2.13. The zero-order valence-electron chi connectivity index (χ0n) is 11.1. The van der Waals surface area contributed by atoms with Crippen LogP contribution in [-0.4, -0.2) is 14.7 Å². The van der Waals surface area contributed by atoms with E-state index in [9.17, 15) is 5.11 Å². The summed E-state index contributed by atoms with van der Waals surface area (Å²) in [6, 6.07) is 3.52. The molecule has 0 unspecified atom stereocenters. The highest BCUT2D eigenvalue weighted by Gasteiger charge is 2.19. The molecule has 0 saturated heterocycles. The van der Waals surface area contributed by atoms with Crippen molar-refractivity contribution in [3.05, 3.63) is 42.4 Å². The summed E-state index contributed by atoms with van der Waals surface area (Å²) in [5.41, 5.74) is 0.261. The van der Waals surface area contributed by atoms with E-state index in [1.54, 1.807) is 24.6 Å². The molecule has 4 heteroatoms. The predicted octanol–water partition coefficient (Wildman–Crippen LogP) is 2.99. The van der Waals surface area contributed by atoms with E-state index >= 15 is 0 Å². The maximum atomic E-state index is 10.2. The number of aryl methyl sites for hydroxylation is 1. The fraction of sp³-hybridized carbons (Fsp3) is 0.500. The number of hydrogen-bond donors (Lipinski definition) is 1. The topological polar surface area (TPSA) is 51.2 Å². The summed E-state index contributed by atoms with van der Waals surface area (Å²) in [7, 11) is 0. The van der Waals surface area contributed by atoms with Crippen LogP contribution in [-0.2, 0) is 6.54 Å². The van der Waals surface area contributed by atoms with E-state index in [0.29, 0.717) is 11.6 Å². The molecular formula is C14H20N2O2. The van der Waals surface area contributed by atoms with Gasteiger partial charge in [-0.15, -0.1) is 0 Å². The van der Waals surface area contributed by atoms with Crippen LogP contribution in [0.2, 0.25) is 0 Å². The van der Waals surface area contributed by atoms with Crippen molar-refractivity contribution in [1.29, 1.82) is 0 Å². The zero-order chi connectivity index (χ0) is 13.2. The highest BCUT2D eigenvalue weighted by molar-refractivity contribution is 5.12. The molecule has 0 saturated carbocycles. The third kappa shape index (κ3) is 3.01. The lowest BCUT2D eigenvalue weighted by Gasteiger charge is -2.19. The van der Waals surface area contributed by atoms with Gasteiger partial charge in [-0.25, -0.2) is 4.98 Å². The van der Waals surface area contributed by atoms with Crippen molar-refractivity contribution in [1.82, 2.24) is 9.55 Å². The Hall–Kier alpha value is -1.55. The minimum Gasteiger partial charge on any atom is -0.466 e. The smallest absolute Gasteiger partial charge is 0.169 e. The first-order valence-corrected chi connectivity index (χ1v) is 6.20. The summed E-state index contributed by atoms with van der Waals surface area (Å²) < 4.78 is 7.20. The van der Waals surface area contributed by atoms with Gasteiger partial charge in [0, 0.05) is 18.9 Å². The second kappa shape index (κ2) is 4.98. The van der Waals surface area contributed by atoms with Crippen molar-refractivity contribution < 1.29 is 9.52 Å². The number of imidazole rings is 1. The molecule has 2 heterocycles. The Bertz CT molecular complexity index is 480. The number of aromatic nitrogens is 2. The van der Waals surface area contributed by atoms with Gasteiger partial charge in [0.15, 0.2) is 6.10 Å². The molecule has 18 heavy (non-hydrogen) atoms. The number of aliphatic hydroxyl groups excluding tert-OH is 1. The lowest BCUT2D eigenvalue weighted by Crippen LogP contribution is -2.14. The van der Waals surface area contributed by atoms with Gasteiger partial charge in [0.2, 0.25) is 0 Å². The van der Waals surface area contributed by atoms with E-state index in [1.807, 2.05) is 10.8 Å². The molecule has 2 rings (SSSR count). The molecule has 0 aliphatic carbocycles. The van der Waals surface area contributed by atoms with Gasteiger partial charge in [0.1, 0.15) is 11.6 Å². The van der Waals surface area contributed by atoms with Crippen molar-refractivity contribution in [3.63, 3.8) is 0 Å². The van der Waals surface area contributed by atoms with Crippen LogP contribution in [0.15, 0.2) is 35.2 Å². The van der Waals surface area contributed by atoms with Crippen LogP contribution in [0, 0.1) is 5.41 Å². The van der Waals surface area contributed by atoms with Crippen molar-refractivity contribution in [2.75, 3.05) is 0 Å². The Morgan fingerprint density at radius 1 is 1.44 bits per heavy atom. The Labute approximate surface area is 107 Å². The molecular weight excluding hydrogens is 228 g/mol. The molecule has 0 radical (unpaired) electrons. The average Bonchev–Trinajstić information content (AvgIpc) is 2.95. The molecule has 0 aliphatic heterocycles. The molecule has 0 spiro atoms. The Morgan fingerprint density at radius 2 is 2.22 bits per heavy atom. The summed E-state index contributed by atoms with van der Waals surface area (Å²) in [4.78, 5) is 4.23. The molecule has 0 aromatic carbocycles. The van der Waals surface area contributed by atoms with Crippen molar-refractivity contribution in [2.24, 2.45) is 5.41 Å². The number of furan rings is 1. The second-order valence-corrected chi connectivity index (χ2v) is 5.71. The van der Waals surface area contributed by atoms with Gasteiger partial charge >= 0.3 is 0 Å². The largest absolute Gasteiger partial charge is 0.466 e. The molecule has 0 amide bonds. The van der Waals surface area contributed by atoms with Crippen molar-refractivity contribution >= 4 is 0 Å². The monoisotopic (exact) mass is 248 g/mol. The van der Waals surface area contributed by atoms with Crippen LogP contribution in [0.3, 0.4) is 0 Å². The van der Waals surface area contributed by atoms with Gasteiger partial charge in [0.05, 0.1) is 6.26 Å². The summed E-state index contributed by atoms with van der Waals surface area (Å²) in [6.45, 7) is 7.45. The maximum absolute atomic E-state index is 10.2. The van der Waals surface area contributed by atoms with E-state index < -0.39 is 6.10 Å². The number of aliphatic hydroxyl groups is 1. The molecule has 1 N–H and O–H groups in total. The highest BCUT2D eigenvalue weighted by Crippen LogP contribution is 2.24. The van der Waals surface area contributed by atoms with Gasteiger partial charge < -0.3 is 14.1 Å². The quantitative estimate of drug-likeness (QED) is 0.905. The Kier molecular flexibility index (Phi) is 3.57. The number of rotatable bonds is 4.